The summed E-state index contributed by atoms with van der Waals surface area (Å²) in [6.45, 7) is 3.13. The van der Waals surface area contributed by atoms with Gasteiger partial charge in [0.25, 0.3) is 5.56 Å². The van der Waals surface area contributed by atoms with E-state index in [1.165, 1.54) is 11.6 Å². The number of hydrogen-bond acceptors (Lipinski definition) is 5. The van der Waals surface area contributed by atoms with Crippen LogP contribution in [0.4, 0.5) is 5.95 Å². The van der Waals surface area contributed by atoms with Crippen molar-refractivity contribution in [2.75, 3.05) is 18.5 Å². The quantitative estimate of drug-likeness (QED) is 0.703. The summed E-state index contributed by atoms with van der Waals surface area (Å²) >= 11 is 0. The van der Waals surface area contributed by atoms with Gasteiger partial charge in [-0.3, -0.25) is 18.5 Å². The van der Waals surface area contributed by atoms with E-state index in [1.807, 2.05) is 6.92 Å². The van der Waals surface area contributed by atoms with Gasteiger partial charge in [-0.15, -0.1) is 0 Å². The number of aliphatic hydroxyl groups excluding tert-OH is 1. The van der Waals surface area contributed by atoms with Gasteiger partial charge in [-0.05, 0) is 13.3 Å². The molecule has 0 saturated heterocycles. The molecule has 0 fully saturated rings. The second kappa shape index (κ2) is 5.49. The Balaban J connectivity index is 2.68. The highest BCUT2D eigenvalue weighted by Gasteiger charge is 2.17. The van der Waals surface area contributed by atoms with E-state index in [4.69, 9.17) is 5.11 Å². The van der Waals surface area contributed by atoms with E-state index in [0.717, 1.165) is 4.57 Å². The van der Waals surface area contributed by atoms with Crippen LogP contribution in [0.3, 0.4) is 0 Å². The first-order chi connectivity index (χ1) is 9.52. The lowest BCUT2D eigenvalue weighted by atomic mass is 10.4. The highest BCUT2D eigenvalue weighted by molar-refractivity contribution is 5.74. The molecule has 2 heterocycles. The molecular weight excluding hydrogens is 262 g/mol. The predicted octanol–water partition coefficient (Wildman–Crippen LogP) is -0.752. The van der Waals surface area contributed by atoms with Crippen molar-refractivity contribution in [3.63, 3.8) is 0 Å². The molecule has 0 aromatic carbocycles. The molecule has 110 valence electrons. The number of anilines is 1. The SMILES string of the molecule is CCn1c(NCCCO)nc2c(=O)n(C)c(=O)n(C)c21. The minimum absolute atomic E-state index is 0.0829. The minimum atomic E-state index is -0.402. The lowest BCUT2D eigenvalue weighted by Gasteiger charge is -2.09. The number of rotatable bonds is 5. The zero-order valence-corrected chi connectivity index (χ0v) is 11.9. The van der Waals surface area contributed by atoms with Gasteiger partial charge in [0.15, 0.2) is 11.2 Å². The molecule has 0 bridgehead atoms. The van der Waals surface area contributed by atoms with Crippen molar-refractivity contribution in [1.29, 1.82) is 0 Å². The van der Waals surface area contributed by atoms with E-state index < -0.39 is 5.56 Å². The van der Waals surface area contributed by atoms with Gasteiger partial charge in [0.05, 0.1) is 0 Å². The van der Waals surface area contributed by atoms with E-state index in [2.05, 4.69) is 10.3 Å². The van der Waals surface area contributed by atoms with Crippen LogP contribution >= 0.6 is 0 Å². The average molecular weight is 281 g/mol. The van der Waals surface area contributed by atoms with E-state index in [-0.39, 0.29) is 17.8 Å². The maximum Gasteiger partial charge on any atom is 0.332 e. The Hall–Kier alpha value is -2.09. The highest BCUT2D eigenvalue weighted by atomic mass is 16.3. The number of nitrogens with one attached hydrogen (secondary N) is 1. The third-order valence-corrected chi connectivity index (χ3v) is 3.27. The molecule has 0 amide bonds. The van der Waals surface area contributed by atoms with Crippen molar-refractivity contribution >= 4 is 17.1 Å². The van der Waals surface area contributed by atoms with Crippen LogP contribution in [0.1, 0.15) is 13.3 Å². The number of aliphatic hydroxyl groups is 1. The van der Waals surface area contributed by atoms with Crippen molar-refractivity contribution in [3.05, 3.63) is 20.8 Å². The molecule has 2 N–H and O–H groups in total. The maximum absolute atomic E-state index is 12.1. The van der Waals surface area contributed by atoms with Crippen LogP contribution in [-0.4, -0.2) is 36.9 Å². The van der Waals surface area contributed by atoms with Crippen LogP contribution in [-0.2, 0) is 20.6 Å². The van der Waals surface area contributed by atoms with Crippen LogP contribution in [0.2, 0.25) is 0 Å². The Labute approximate surface area is 115 Å². The number of imidazole rings is 1. The van der Waals surface area contributed by atoms with Crippen LogP contribution in [0.5, 0.6) is 0 Å². The van der Waals surface area contributed by atoms with Gasteiger partial charge >= 0.3 is 5.69 Å². The van der Waals surface area contributed by atoms with Gasteiger partial charge in [0.1, 0.15) is 0 Å². The Morgan fingerprint density at radius 3 is 2.55 bits per heavy atom. The summed E-state index contributed by atoms with van der Waals surface area (Å²) in [5, 5.41) is 11.9. The molecule has 0 spiro atoms. The van der Waals surface area contributed by atoms with Crippen molar-refractivity contribution in [1.82, 2.24) is 18.7 Å². The maximum atomic E-state index is 12.1. The summed E-state index contributed by atoms with van der Waals surface area (Å²) in [4.78, 5) is 28.4. The number of fused-ring (bicyclic) bond motifs is 1. The first kappa shape index (κ1) is 14.3. The lowest BCUT2D eigenvalue weighted by Crippen LogP contribution is -2.37. The van der Waals surface area contributed by atoms with Gasteiger partial charge in [-0.1, -0.05) is 0 Å². The molecule has 2 aromatic rings. The third-order valence-electron chi connectivity index (χ3n) is 3.27. The normalized spacial score (nSPS) is 11.2. The first-order valence-electron chi connectivity index (χ1n) is 6.53. The molecule has 0 aliphatic heterocycles. The van der Waals surface area contributed by atoms with Gasteiger partial charge in [0.2, 0.25) is 5.95 Å². The van der Waals surface area contributed by atoms with Gasteiger partial charge in [0, 0.05) is 33.8 Å². The van der Waals surface area contributed by atoms with E-state index >= 15 is 0 Å². The van der Waals surface area contributed by atoms with Crippen molar-refractivity contribution in [3.8, 4) is 0 Å². The molecule has 0 radical (unpaired) electrons. The Bertz CT molecular complexity index is 740. The summed E-state index contributed by atoms with van der Waals surface area (Å²) in [6.07, 6.45) is 0.587. The molecule has 0 atom stereocenters. The van der Waals surface area contributed by atoms with Crippen LogP contribution < -0.4 is 16.6 Å². The fraction of sp³-hybridized carbons (Fsp3) is 0.583. The fourth-order valence-electron chi connectivity index (χ4n) is 2.20. The summed E-state index contributed by atoms with van der Waals surface area (Å²) in [6, 6.07) is 0. The largest absolute Gasteiger partial charge is 0.396 e. The molecular formula is C12H19N5O3. The monoisotopic (exact) mass is 281 g/mol. The van der Waals surface area contributed by atoms with E-state index in [1.54, 1.807) is 11.6 Å². The molecule has 0 aliphatic carbocycles. The topological polar surface area (TPSA) is 94.1 Å². The zero-order chi connectivity index (χ0) is 14.9. The molecule has 2 rings (SSSR count). The third kappa shape index (κ3) is 2.11. The average Bonchev–Trinajstić information content (AvgIpc) is 2.82. The highest BCUT2D eigenvalue weighted by Crippen LogP contribution is 2.15. The molecule has 0 aliphatic rings. The number of hydrogen-bond donors (Lipinski definition) is 2. The predicted molar refractivity (Wildman–Crippen MR) is 76.1 cm³/mol. The lowest BCUT2D eigenvalue weighted by molar-refractivity contribution is 0.292. The standard InChI is InChI=1S/C12H19N5O3/c1-4-17-9-8(14-11(17)13-6-5-7-18)10(19)16(3)12(20)15(9)2/h18H,4-7H2,1-3H3,(H,13,14). The summed E-state index contributed by atoms with van der Waals surface area (Å²) in [5.74, 6) is 0.536. The Morgan fingerprint density at radius 1 is 1.25 bits per heavy atom. The molecule has 2 aromatic heterocycles. The fourth-order valence-corrected chi connectivity index (χ4v) is 2.20. The number of nitrogens with zero attached hydrogens (tertiary/aromatic N) is 4. The Kier molecular flexibility index (Phi) is 3.93. The van der Waals surface area contributed by atoms with Gasteiger partial charge in [-0.2, -0.15) is 0 Å². The summed E-state index contributed by atoms with van der Waals surface area (Å²) in [5.41, 5.74) is -0.00503. The molecule has 0 saturated carbocycles. The van der Waals surface area contributed by atoms with Gasteiger partial charge < -0.3 is 10.4 Å². The van der Waals surface area contributed by atoms with Crippen molar-refractivity contribution in [2.45, 2.75) is 19.9 Å². The molecule has 8 nitrogen and oxygen atoms in total. The summed E-state index contributed by atoms with van der Waals surface area (Å²) in [7, 11) is 3.06. The zero-order valence-electron chi connectivity index (χ0n) is 11.9. The van der Waals surface area contributed by atoms with Crippen molar-refractivity contribution in [2.24, 2.45) is 14.1 Å². The molecule has 8 heteroatoms. The minimum Gasteiger partial charge on any atom is -0.396 e. The smallest absolute Gasteiger partial charge is 0.332 e. The number of aryl methyl sites for hydroxylation is 2. The second-order valence-electron chi connectivity index (χ2n) is 4.56. The van der Waals surface area contributed by atoms with Crippen molar-refractivity contribution < 1.29 is 5.11 Å². The van der Waals surface area contributed by atoms with Crippen LogP contribution in [0.25, 0.3) is 11.2 Å². The van der Waals surface area contributed by atoms with E-state index in [0.29, 0.717) is 31.1 Å². The first-order valence-corrected chi connectivity index (χ1v) is 6.53. The molecule has 0 unspecified atom stereocenters. The second-order valence-corrected chi connectivity index (χ2v) is 4.56. The van der Waals surface area contributed by atoms with Crippen LogP contribution in [0, 0.1) is 0 Å². The van der Waals surface area contributed by atoms with Gasteiger partial charge in [-0.25, -0.2) is 9.78 Å². The van der Waals surface area contributed by atoms with Crippen LogP contribution in [0.15, 0.2) is 9.59 Å². The summed E-state index contributed by atoms with van der Waals surface area (Å²) < 4.78 is 4.26. The Morgan fingerprint density at radius 2 is 1.95 bits per heavy atom. The number of aromatic nitrogens is 4. The molecule has 20 heavy (non-hydrogen) atoms. The van der Waals surface area contributed by atoms with E-state index in [9.17, 15) is 9.59 Å².